The number of aromatic carboxylic acids is 1. The molecule has 5 nitrogen and oxygen atoms in total. The van der Waals surface area contributed by atoms with Crippen LogP contribution in [-0.4, -0.2) is 14.4 Å². The third-order valence-electron chi connectivity index (χ3n) is 3.98. The van der Waals surface area contributed by atoms with E-state index in [9.17, 15) is 18.3 Å². The van der Waals surface area contributed by atoms with Crippen molar-refractivity contribution in [2.24, 2.45) is 0 Å². The van der Waals surface area contributed by atoms with Gasteiger partial charge in [0.1, 0.15) is 0 Å². The van der Waals surface area contributed by atoms with E-state index in [1.165, 1.54) is 29.8 Å². The quantitative estimate of drug-likeness (QED) is 0.925. The number of carboxylic acids is 1. The summed E-state index contributed by atoms with van der Waals surface area (Å²) in [7, 11) is -3.75. The second-order valence-corrected chi connectivity index (χ2v) is 7.29. The molecule has 1 N–H and O–H groups in total. The number of benzene rings is 2. The third-order valence-corrected chi connectivity index (χ3v) is 5.36. The smallest absolute Gasteiger partial charge is 0.261 e. The fourth-order valence-corrected chi connectivity index (χ4v) is 3.90. The lowest BCUT2D eigenvalue weighted by Gasteiger charge is -2.17. The highest BCUT2D eigenvalue weighted by molar-refractivity contribution is 7.92. The van der Waals surface area contributed by atoms with Crippen LogP contribution in [0.1, 0.15) is 34.3 Å². The number of nitrogens with one attached hydrogen (secondary N) is 1. The lowest BCUT2D eigenvalue weighted by atomic mass is 9.92. The Kier molecular flexibility index (Phi) is 4.09. The number of rotatable bonds is 4. The molecule has 0 spiro atoms. The van der Waals surface area contributed by atoms with Gasteiger partial charge in [-0.25, -0.2) is 8.42 Å². The van der Waals surface area contributed by atoms with Crippen molar-refractivity contribution >= 4 is 21.7 Å². The molecule has 6 heteroatoms. The Labute approximate surface area is 135 Å². The zero-order valence-electron chi connectivity index (χ0n) is 12.4. The highest BCUT2D eigenvalue weighted by atomic mass is 32.2. The number of sulfonamides is 1. The van der Waals surface area contributed by atoms with E-state index in [1.807, 2.05) is 6.07 Å². The van der Waals surface area contributed by atoms with Crippen LogP contribution in [0.2, 0.25) is 0 Å². The van der Waals surface area contributed by atoms with E-state index in [1.54, 1.807) is 12.1 Å². The van der Waals surface area contributed by atoms with Crippen LogP contribution in [0.3, 0.4) is 0 Å². The molecule has 0 unspecified atom stereocenters. The third kappa shape index (κ3) is 3.37. The lowest BCUT2D eigenvalue weighted by molar-refractivity contribution is -0.255. The van der Waals surface area contributed by atoms with E-state index in [0.717, 1.165) is 31.2 Å². The molecule has 0 bridgehead atoms. The Bertz CT molecular complexity index is 859. The zero-order chi connectivity index (χ0) is 16.4. The Hall–Kier alpha value is -2.34. The van der Waals surface area contributed by atoms with Gasteiger partial charge in [0.15, 0.2) is 0 Å². The fourth-order valence-electron chi connectivity index (χ4n) is 2.80. The minimum Gasteiger partial charge on any atom is -0.545 e. The first kappa shape index (κ1) is 15.6. The van der Waals surface area contributed by atoms with Crippen LogP contribution in [-0.2, 0) is 22.9 Å². The van der Waals surface area contributed by atoms with E-state index in [2.05, 4.69) is 4.72 Å². The number of carboxylic acid groups (broad SMARTS) is 1. The average Bonchev–Trinajstić information content (AvgIpc) is 2.54. The average molecular weight is 330 g/mol. The van der Waals surface area contributed by atoms with E-state index in [4.69, 9.17) is 0 Å². The molecule has 0 amide bonds. The molecule has 0 saturated heterocycles. The summed E-state index contributed by atoms with van der Waals surface area (Å²) in [4.78, 5) is 11.1. The minimum atomic E-state index is -3.75. The van der Waals surface area contributed by atoms with E-state index < -0.39 is 16.0 Å². The van der Waals surface area contributed by atoms with Gasteiger partial charge in [-0.3, -0.25) is 4.72 Å². The van der Waals surface area contributed by atoms with Gasteiger partial charge in [0, 0.05) is 5.69 Å². The molecule has 2 aromatic carbocycles. The van der Waals surface area contributed by atoms with Crippen molar-refractivity contribution in [2.75, 3.05) is 4.72 Å². The second kappa shape index (κ2) is 6.04. The van der Waals surface area contributed by atoms with Gasteiger partial charge in [0.25, 0.3) is 10.0 Å². The molecule has 23 heavy (non-hydrogen) atoms. The van der Waals surface area contributed by atoms with Crippen LogP contribution in [0.4, 0.5) is 5.69 Å². The molecule has 0 aromatic heterocycles. The Balaban J connectivity index is 1.90. The van der Waals surface area contributed by atoms with Gasteiger partial charge in [-0.05, 0) is 66.6 Å². The summed E-state index contributed by atoms with van der Waals surface area (Å²) in [5.41, 5.74) is 2.40. The van der Waals surface area contributed by atoms with Gasteiger partial charge >= 0.3 is 0 Å². The minimum absolute atomic E-state index is 0.0735. The number of carbonyl (C=O) groups excluding carboxylic acids is 1. The largest absolute Gasteiger partial charge is 0.545 e. The van der Waals surface area contributed by atoms with E-state index in [0.29, 0.717) is 0 Å². The molecule has 0 radical (unpaired) electrons. The maximum absolute atomic E-state index is 12.5. The maximum atomic E-state index is 12.5. The summed E-state index contributed by atoms with van der Waals surface area (Å²) in [6.45, 7) is 0. The molecule has 2 aromatic rings. The first-order valence-corrected chi connectivity index (χ1v) is 8.90. The Morgan fingerprint density at radius 2 is 1.74 bits per heavy atom. The van der Waals surface area contributed by atoms with Crippen LogP contribution in [0, 0.1) is 0 Å². The normalized spacial score (nSPS) is 14.1. The molecular weight excluding hydrogens is 314 g/mol. The molecule has 0 saturated carbocycles. The van der Waals surface area contributed by atoms with Crippen molar-refractivity contribution in [1.82, 2.24) is 0 Å². The molecule has 120 valence electrons. The van der Waals surface area contributed by atoms with Crippen LogP contribution < -0.4 is 9.83 Å². The zero-order valence-corrected chi connectivity index (χ0v) is 13.2. The van der Waals surface area contributed by atoms with Gasteiger partial charge < -0.3 is 9.90 Å². The van der Waals surface area contributed by atoms with Crippen molar-refractivity contribution in [3.63, 3.8) is 0 Å². The summed E-state index contributed by atoms with van der Waals surface area (Å²) in [6.07, 6.45) is 4.07. The highest BCUT2D eigenvalue weighted by Crippen LogP contribution is 2.25. The van der Waals surface area contributed by atoms with Crippen molar-refractivity contribution in [3.8, 4) is 0 Å². The summed E-state index contributed by atoms with van der Waals surface area (Å²) in [6, 6.07) is 10.7. The van der Waals surface area contributed by atoms with Crippen molar-refractivity contribution < 1.29 is 18.3 Å². The van der Waals surface area contributed by atoms with E-state index >= 15 is 0 Å². The Morgan fingerprint density at radius 1 is 1.00 bits per heavy atom. The fraction of sp³-hybridized carbons (Fsp3) is 0.235. The van der Waals surface area contributed by atoms with Gasteiger partial charge in [0.05, 0.1) is 10.9 Å². The monoisotopic (exact) mass is 330 g/mol. The molecule has 0 heterocycles. The van der Waals surface area contributed by atoms with Crippen LogP contribution in [0.25, 0.3) is 0 Å². The summed E-state index contributed by atoms with van der Waals surface area (Å²) in [5, 5.41) is 10.9. The molecular formula is C17H16NO4S-. The maximum Gasteiger partial charge on any atom is 0.261 e. The summed E-state index contributed by atoms with van der Waals surface area (Å²) >= 11 is 0. The van der Waals surface area contributed by atoms with Gasteiger partial charge in [0.2, 0.25) is 0 Å². The number of fused-ring (bicyclic) bond motifs is 1. The first-order valence-electron chi connectivity index (χ1n) is 7.42. The second-order valence-electron chi connectivity index (χ2n) is 5.61. The lowest BCUT2D eigenvalue weighted by Crippen LogP contribution is -2.22. The molecule has 1 aliphatic carbocycles. The predicted octanol–water partition coefficient (Wildman–Crippen LogP) is 1.73. The number of hydrogen-bond donors (Lipinski definition) is 1. The molecule has 0 atom stereocenters. The number of hydrogen-bond acceptors (Lipinski definition) is 4. The number of anilines is 1. The highest BCUT2D eigenvalue weighted by Gasteiger charge is 2.18. The van der Waals surface area contributed by atoms with Gasteiger partial charge in [-0.1, -0.05) is 18.2 Å². The molecule has 0 aliphatic heterocycles. The number of aryl methyl sites for hydroxylation is 2. The van der Waals surface area contributed by atoms with Crippen LogP contribution in [0.5, 0.6) is 0 Å². The molecule has 0 fully saturated rings. The Morgan fingerprint density at radius 3 is 2.48 bits per heavy atom. The van der Waals surface area contributed by atoms with Crippen molar-refractivity contribution in [2.45, 2.75) is 30.6 Å². The summed E-state index contributed by atoms with van der Waals surface area (Å²) < 4.78 is 27.4. The SMILES string of the molecule is O=C([O-])c1cccc(NS(=O)(=O)c2ccc3c(c2)CCCC3)c1. The summed E-state index contributed by atoms with van der Waals surface area (Å²) in [5.74, 6) is -1.35. The molecule has 1 aliphatic rings. The van der Waals surface area contributed by atoms with Crippen molar-refractivity contribution in [3.05, 3.63) is 59.2 Å². The van der Waals surface area contributed by atoms with Crippen LogP contribution in [0.15, 0.2) is 47.4 Å². The van der Waals surface area contributed by atoms with Gasteiger partial charge in [-0.15, -0.1) is 0 Å². The predicted molar refractivity (Wildman–Crippen MR) is 84.7 cm³/mol. The standard InChI is InChI=1S/C17H17NO4S/c19-17(20)14-6-3-7-15(10-14)18-23(21,22)16-9-8-12-4-1-2-5-13(12)11-16/h3,6-11,18H,1-2,4-5H2,(H,19,20)/p-1. The topological polar surface area (TPSA) is 86.3 Å². The van der Waals surface area contributed by atoms with Crippen LogP contribution >= 0.6 is 0 Å². The van der Waals surface area contributed by atoms with Gasteiger partial charge in [-0.2, -0.15) is 0 Å². The van der Waals surface area contributed by atoms with E-state index in [-0.39, 0.29) is 16.1 Å². The van der Waals surface area contributed by atoms with Crippen molar-refractivity contribution in [1.29, 1.82) is 0 Å². The number of carbonyl (C=O) groups is 1. The molecule has 3 rings (SSSR count). The first-order chi connectivity index (χ1) is 11.0.